The lowest BCUT2D eigenvalue weighted by atomic mass is 10.1. The lowest BCUT2D eigenvalue weighted by molar-refractivity contribution is -0.114. The molecule has 0 saturated carbocycles. The minimum atomic E-state index is -3.80. The summed E-state index contributed by atoms with van der Waals surface area (Å²) in [7, 11) is -3.80. The van der Waals surface area contributed by atoms with E-state index in [0.717, 1.165) is 18.8 Å². The van der Waals surface area contributed by atoms with Gasteiger partial charge in [-0.25, -0.2) is 17.5 Å². The van der Waals surface area contributed by atoms with Crippen molar-refractivity contribution in [2.45, 2.75) is 24.8 Å². The predicted octanol–water partition coefficient (Wildman–Crippen LogP) is 3.53. The van der Waals surface area contributed by atoms with Crippen LogP contribution in [0.2, 0.25) is 0 Å². The molecule has 0 bridgehead atoms. The van der Waals surface area contributed by atoms with Crippen LogP contribution in [0.5, 0.6) is 0 Å². The van der Waals surface area contributed by atoms with Gasteiger partial charge in [0.2, 0.25) is 15.9 Å². The number of furan rings is 1. The highest BCUT2D eigenvalue weighted by atomic mass is 32.2. The molecule has 1 fully saturated rings. The highest BCUT2D eigenvalue weighted by molar-refractivity contribution is 7.89. The molecule has 2 aromatic carbocycles. The van der Waals surface area contributed by atoms with Gasteiger partial charge in [0.1, 0.15) is 11.6 Å². The van der Waals surface area contributed by atoms with E-state index in [-0.39, 0.29) is 29.2 Å². The van der Waals surface area contributed by atoms with Crippen LogP contribution in [0.1, 0.15) is 24.3 Å². The van der Waals surface area contributed by atoms with Gasteiger partial charge < -0.3 is 14.6 Å². The van der Waals surface area contributed by atoms with Crippen molar-refractivity contribution in [3.63, 3.8) is 0 Å². The summed E-state index contributed by atoms with van der Waals surface area (Å²) in [6.45, 7) is 6.05. The van der Waals surface area contributed by atoms with Crippen molar-refractivity contribution in [2.24, 2.45) is 0 Å². The number of carbonyl (C=O) groups excluding carboxylic acids is 1. The van der Waals surface area contributed by atoms with Gasteiger partial charge in [-0.05, 0) is 67.1 Å². The third-order valence-electron chi connectivity index (χ3n) is 6.07. The molecule has 1 atom stereocenters. The summed E-state index contributed by atoms with van der Waals surface area (Å²) in [5.41, 5.74) is 2.03. The minimum absolute atomic E-state index is 0.138. The first-order valence-electron chi connectivity index (χ1n) is 11.4. The SMILES string of the molecule is CC(=O)Nc1ccc(S(=O)(=O)NCC(c2ccco2)N2CCN(c3ccc(F)cc3)CC2)c(C)c1. The third-order valence-corrected chi connectivity index (χ3v) is 7.65. The van der Waals surface area contributed by atoms with Crippen LogP contribution < -0.4 is 14.9 Å². The number of halogens is 1. The van der Waals surface area contributed by atoms with E-state index in [1.165, 1.54) is 25.1 Å². The standard InChI is InChI=1S/C25H29FN4O4S/c1-18-16-21(28-19(2)31)7-10-25(18)35(32,33)27-17-23(24-4-3-15-34-24)30-13-11-29(12-14-30)22-8-5-20(26)6-9-22/h3-10,15-16,23,27H,11-14,17H2,1-2H3,(H,28,31). The number of benzene rings is 2. The molecular weight excluding hydrogens is 471 g/mol. The maximum Gasteiger partial charge on any atom is 0.240 e. The van der Waals surface area contributed by atoms with Crippen LogP contribution >= 0.6 is 0 Å². The summed E-state index contributed by atoms with van der Waals surface area (Å²) < 4.78 is 47.9. The molecule has 186 valence electrons. The van der Waals surface area contributed by atoms with Gasteiger partial charge in [-0.2, -0.15) is 0 Å². The molecule has 10 heteroatoms. The van der Waals surface area contributed by atoms with Gasteiger partial charge in [0.15, 0.2) is 0 Å². The molecule has 1 aliphatic heterocycles. The summed E-state index contributed by atoms with van der Waals surface area (Å²) in [5.74, 6) is 0.192. The second-order valence-corrected chi connectivity index (χ2v) is 10.3. The number of hydrogen-bond donors (Lipinski definition) is 2. The summed E-state index contributed by atoms with van der Waals surface area (Å²) in [4.78, 5) is 15.8. The fourth-order valence-corrected chi connectivity index (χ4v) is 5.60. The summed E-state index contributed by atoms with van der Waals surface area (Å²) >= 11 is 0. The molecule has 1 amide bonds. The molecule has 1 aliphatic rings. The molecule has 0 spiro atoms. The third kappa shape index (κ3) is 6.08. The number of sulfonamides is 1. The zero-order valence-electron chi connectivity index (χ0n) is 19.7. The lowest BCUT2D eigenvalue weighted by Gasteiger charge is -2.39. The Hall–Kier alpha value is -3.21. The smallest absolute Gasteiger partial charge is 0.240 e. The molecule has 2 heterocycles. The van der Waals surface area contributed by atoms with Gasteiger partial charge in [0.05, 0.1) is 17.2 Å². The number of aryl methyl sites for hydroxylation is 1. The van der Waals surface area contributed by atoms with Crippen LogP contribution in [0.4, 0.5) is 15.8 Å². The van der Waals surface area contributed by atoms with Crippen molar-refractivity contribution in [1.29, 1.82) is 0 Å². The second kappa shape index (κ2) is 10.6. The first kappa shape index (κ1) is 24.9. The Bertz CT molecular complexity index is 1260. The average Bonchev–Trinajstić information content (AvgIpc) is 3.34. The molecule has 3 aromatic rings. The maximum atomic E-state index is 13.3. The van der Waals surface area contributed by atoms with Gasteiger partial charge in [0, 0.05) is 51.0 Å². The quantitative estimate of drug-likeness (QED) is 0.492. The lowest BCUT2D eigenvalue weighted by Crippen LogP contribution is -2.49. The molecule has 8 nitrogen and oxygen atoms in total. The van der Waals surface area contributed by atoms with E-state index in [9.17, 15) is 17.6 Å². The van der Waals surface area contributed by atoms with Gasteiger partial charge in [-0.15, -0.1) is 0 Å². The number of nitrogens with zero attached hydrogens (tertiary/aromatic N) is 2. The first-order valence-corrected chi connectivity index (χ1v) is 12.9. The Kier molecular flexibility index (Phi) is 7.54. The zero-order valence-corrected chi connectivity index (χ0v) is 20.5. The minimum Gasteiger partial charge on any atom is -0.468 e. The fourth-order valence-electron chi connectivity index (χ4n) is 4.33. The monoisotopic (exact) mass is 500 g/mol. The number of piperazine rings is 1. The Morgan fingerprint density at radius 2 is 1.80 bits per heavy atom. The van der Waals surface area contributed by atoms with E-state index in [1.807, 2.05) is 6.07 Å². The van der Waals surface area contributed by atoms with Crippen LogP contribution in [0, 0.1) is 12.7 Å². The number of hydrogen-bond acceptors (Lipinski definition) is 6. The predicted molar refractivity (Wildman–Crippen MR) is 132 cm³/mol. The van der Waals surface area contributed by atoms with Crippen molar-refractivity contribution < 1.29 is 22.0 Å². The van der Waals surface area contributed by atoms with Gasteiger partial charge in [-0.3, -0.25) is 9.69 Å². The Morgan fingerprint density at radius 3 is 2.40 bits per heavy atom. The van der Waals surface area contributed by atoms with E-state index < -0.39 is 10.0 Å². The van der Waals surface area contributed by atoms with E-state index in [0.29, 0.717) is 30.1 Å². The molecule has 4 rings (SSSR count). The number of carbonyl (C=O) groups is 1. The molecule has 0 radical (unpaired) electrons. The Morgan fingerprint density at radius 1 is 1.09 bits per heavy atom. The van der Waals surface area contributed by atoms with E-state index in [1.54, 1.807) is 43.5 Å². The number of nitrogens with one attached hydrogen (secondary N) is 2. The summed E-state index contributed by atoms with van der Waals surface area (Å²) in [6, 6.07) is 14.5. The second-order valence-electron chi connectivity index (χ2n) is 8.54. The Balaban J connectivity index is 1.45. The maximum absolute atomic E-state index is 13.3. The topological polar surface area (TPSA) is 94.9 Å². The van der Waals surface area contributed by atoms with Crippen molar-refractivity contribution in [2.75, 3.05) is 42.9 Å². The number of anilines is 2. The molecule has 35 heavy (non-hydrogen) atoms. The van der Waals surface area contributed by atoms with E-state index in [4.69, 9.17) is 4.42 Å². The van der Waals surface area contributed by atoms with Crippen LogP contribution in [0.15, 0.2) is 70.2 Å². The molecule has 1 unspecified atom stereocenters. The average molecular weight is 501 g/mol. The zero-order chi connectivity index (χ0) is 25.0. The Labute approximate surface area is 204 Å². The highest BCUT2D eigenvalue weighted by Gasteiger charge is 2.29. The van der Waals surface area contributed by atoms with Crippen molar-refractivity contribution in [3.05, 3.63) is 78.0 Å². The first-order chi connectivity index (χ1) is 16.7. The number of amides is 1. The van der Waals surface area contributed by atoms with Gasteiger partial charge in [-0.1, -0.05) is 0 Å². The van der Waals surface area contributed by atoms with Crippen LogP contribution in [0.25, 0.3) is 0 Å². The molecular formula is C25H29FN4O4S. The highest BCUT2D eigenvalue weighted by Crippen LogP contribution is 2.26. The largest absolute Gasteiger partial charge is 0.468 e. The molecule has 2 N–H and O–H groups in total. The number of rotatable bonds is 8. The van der Waals surface area contributed by atoms with Crippen LogP contribution in [0.3, 0.4) is 0 Å². The van der Waals surface area contributed by atoms with E-state index >= 15 is 0 Å². The molecule has 1 saturated heterocycles. The van der Waals surface area contributed by atoms with Gasteiger partial charge in [0.25, 0.3) is 0 Å². The summed E-state index contributed by atoms with van der Waals surface area (Å²) in [5, 5.41) is 2.66. The molecule has 1 aromatic heterocycles. The van der Waals surface area contributed by atoms with Crippen LogP contribution in [-0.2, 0) is 14.8 Å². The van der Waals surface area contributed by atoms with Gasteiger partial charge >= 0.3 is 0 Å². The summed E-state index contributed by atoms with van der Waals surface area (Å²) in [6.07, 6.45) is 1.58. The van der Waals surface area contributed by atoms with Crippen molar-refractivity contribution in [3.8, 4) is 0 Å². The van der Waals surface area contributed by atoms with Crippen molar-refractivity contribution in [1.82, 2.24) is 9.62 Å². The normalized spacial score (nSPS) is 15.7. The molecule has 0 aliphatic carbocycles. The fraction of sp³-hybridized carbons (Fsp3) is 0.320. The van der Waals surface area contributed by atoms with Crippen LogP contribution in [-0.4, -0.2) is 51.9 Å². The van der Waals surface area contributed by atoms with Crippen molar-refractivity contribution >= 4 is 27.3 Å². The van der Waals surface area contributed by atoms with E-state index in [2.05, 4.69) is 19.8 Å².